The van der Waals surface area contributed by atoms with Crippen LogP contribution in [0.4, 0.5) is 14.5 Å². The Bertz CT molecular complexity index is 992. The molecular weight excluding hydrogens is 378 g/mol. The number of rotatable bonds is 7. The zero-order valence-electron chi connectivity index (χ0n) is 15.9. The number of non-ortho nitro benzene ring substituents is 1. The number of nitrogens with one attached hydrogen (secondary N) is 1. The van der Waals surface area contributed by atoms with Crippen molar-refractivity contribution in [2.75, 3.05) is 7.11 Å². The highest BCUT2D eigenvalue weighted by molar-refractivity contribution is 5.40. The van der Waals surface area contributed by atoms with Crippen LogP contribution in [0.25, 0.3) is 0 Å². The summed E-state index contributed by atoms with van der Waals surface area (Å²) in [6.45, 7) is 1.84. The van der Waals surface area contributed by atoms with Gasteiger partial charge in [0.05, 0.1) is 18.1 Å². The van der Waals surface area contributed by atoms with Gasteiger partial charge in [0.1, 0.15) is 5.75 Å². The molecule has 3 aromatic rings. The minimum absolute atomic E-state index is 0.00381. The molecule has 5 nitrogen and oxygen atoms in total. The Morgan fingerprint density at radius 2 is 1.45 bits per heavy atom. The van der Waals surface area contributed by atoms with Crippen molar-refractivity contribution >= 4 is 5.69 Å². The minimum atomic E-state index is -0.910. The second-order valence-electron chi connectivity index (χ2n) is 6.62. The summed E-state index contributed by atoms with van der Waals surface area (Å²) in [4.78, 5) is 10.5. The van der Waals surface area contributed by atoms with Crippen molar-refractivity contribution in [3.63, 3.8) is 0 Å². The Labute approximate surface area is 167 Å². The molecule has 0 radical (unpaired) electrons. The Hall–Kier alpha value is -3.32. The molecule has 0 aromatic heterocycles. The van der Waals surface area contributed by atoms with Crippen LogP contribution < -0.4 is 10.1 Å². The van der Waals surface area contributed by atoms with E-state index in [9.17, 15) is 18.9 Å². The van der Waals surface area contributed by atoms with Gasteiger partial charge in [0.2, 0.25) is 0 Å². The lowest BCUT2D eigenvalue weighted by atomic mass is 9.96. The Morgan fingerprint density at radius 1 is 0.897 bits per heavy atom. The molecule has 29 heavy (non-hydrogen) atoms. The van der Waals surface area contributed by atoms with Crippen LogP contribution in [0.1, 0.15) is 35.7 Å². The molecule has 150 valence electrons. The van der Waals surface area contributed by atoms with Crippen LogP contribution in [0, 0.1) is 21.7 Å². The quantitative estimate of drug-likeness (QED) is 0.432. The molecule has 0 bridgehead atoms. The van der Waals surface area contributed by atoms with Gasteiger partial charge >= 0.3 is 0 Å². The standard InChI is InChI=1S/C22H20F2N2O3/c1-14(17-7-12-20(23)21(24)13-17)25-22(16-5-10-19(29-2)11-6-16)15-3-8-18(9-4-15)26(27)28/h3-14,22,25H,1-2H3. The van der Waals surface area contributed by atoms with Gasteiger partial charge in [-0.3, -0.25) is 15.4 Å². The Morgan fingerprint density at radius 3 is 1.97 bits per heavy atom. The van der Waals surface area contributed by atoms with Crippen molar-refractivity contribution in [3.05, 3.63) is 105 Å². The summed E-state index contributed by atoms with van der Waals surface area (Å²) in [5.74, 6) is -1.11. The highest BCUT2D eigenvalue weighted by Crippen LogP contribution is 2.29. The maximum atomic E-state index is 13.6. The van der Waals surface area contributed by atoms with Crippen LogP contribution in [-0.2, 0) is 0 Å². The van der Waals surface area contributed by atoms with E-state index in [0.29, 0.717) is 11.3 Å². The fourth-order valence-electron chi connectivity index (χ4n) is 3.10. The normalized spacial score (nSPS) is 13.0. The van der Waals surface area contributed by atoms with Gasteiger partial charge in [-0.15, -0.1) is 0 Å². The molecule has 0 spiro atoms. The first-order valence-corrected chi connectivity index (χ1v) is 8.98. The SMILES string of the molecule is COc1ccc(C(NC(C)c2ccc(F)c(F)c2)c2ccc([N+](=O)[O-])cc2)cc1. The summed E-state index contributed by atoms with van der Waals surface area (Å²) in [5, 5.41) is 14.4. The Balaban J connectivity index is 1.94. The molecule has 3 aromatic carbocycles. The second kappa shape index (κ2) is 8.79. The van der Waals surface area contributed by atoms with Gasteiger partial charge in [-0.1, -0.05) is 30.3 Å². The van der Waals surface area contributed by atoms with Crippen molar-refractivity contribution in [2.24, 2.45) is 0 Å². The summed E-state index contributed by atoms with van der Waals surface area (Å²) in [6, 6.07) is 16.8. The Kier molecular flexibility index (Phi) is 6.19. The maximum Gasteiger partial charge on any atom is 0.269 e. The van der Waals surface area contributed by atoms with Crippen LogP contribution in [0.3, 0.4) is 0 Å². The van der Waals surface area contributed by atoms with E-state index in [1.807, 2.05) is 31.2 Å². The number of nitro benzene ring substituents is 1. The number of ether oxygens (including phenoxy) is 1. The van der Waals surface area contributed by atoms with E-state index < -0.39 is 16.6 Å². The molecule has 0 aliphatic rings. The van der Waals surface area contributed by atoms with Gasteiger partial charge in [0, 0.05) is 18.2 Å². The summed E-state index contributed by atoms with van der Waals surface area (Å²) < 4.78 is 32.1. The monoisotopic (exact) mass is 398 g/mol. The van der Waals surface area contributed by atoms with Gasteiger partial charge < -0.3 is 4.74 Å². The van der Waals surface area contributed by atoms with Crippen LogP contribution in [0.5, 0.6) is 5.75 Å². The maximum absolute atomic E-state index is 13.6. The van der Waals surface area contributed by atoms with Crippen molar-refractivity contribution in [1.29, 1.82) is 0 Å². The van der Waals surface area contributed by atoms with E-state index in [1.54, 1.807) is 19.2 Å². The fourth-order valence-corrected chi connectivity index (χ4v) is 3.10. The predicted octanol–water partition coefficient (Wildman–Crippen LogP) is 5.32. The molecule has 3 rings (SSSR count). The number of hydrogen-bond acceptors (Lipinski definition) is 4. The van der Waals surface area contributed by atoms with E-state index in [4.69, 9.17) is 4.74 Å². The van der Waals surface area contributed by atoms with Gasteiger partial charge in [0.15, 0.2) is 11.6 Å². The lowest BCUT2D eigenvalue weighted by molar-refractivity contribution is -0.384. The van der Waals surface area contributed by atoms with Crippen molar-refractivity contribution in [1.82, 2.24) is 5.32 Å². The first kappa shape index (κ1) is 20.4. The lowest BCUT2D eigenvalue weighted by Crippen LogP contribution is -2.25. The number of halogens is 2. The van der Waals surface area contributed by atoms with Gasteiger partial charge in [-0.2, -0.15) is 0 Å². The number of nitro groups is 1. The van der Waals surface area contributed by atoms with Gasteiger partial charge in [-0.05, 0) is 47.9 Å². The smallest absolute Gasteiger partial charge is 0.269 e. The fraction of sp³-hybridized carbons (Fsp3) is 0.182. The van der Waals surface area contributed by atoms with Crippen molar-refractivity contribution < 1.29 is 18.4 Å². The first-order chi connectivity index (χ1) is 13.9. The topological polar surface area (TPSA) is 64.4 Å². The molecule has 7 heteroatoms. The van der Waals surface area contributed by atoms with Crippen molar-refractivity contribution in [2.45, 2.75) is 19.0 Å². The average Bonchev–Trinajstić information content (AvgIpc) is 2.74. The molecule has 0 aliphatic heterocycles. The van der Waals surface area contributed by atoms with Crippen LogP contribution in [0.2, 0.25) is 0 Å². The molecule has 0 aliphatic carbocycles. The molecule has 0 heterocycles. The number of nitrogens with zero attached hydrogens (tertiary/aromatic N) is 1. The highest BCUT2D eigenvalue weighted by atomic mass is 19.2. The molecule has 0 amide bonds. The third kappa shape index (κ3) is 4.75. The second-order valence-corrected chi connectivity index (χ2v) is 6.62. The molecule has 0 saturated heterocycles. The van der Waals surface area contributed by atoms with E-state index in [1.165, 1.54) is 18.2 Å². The molecule has 1 N–H and O–H groups in total. The molecule has 2 unspecified atom stereocenters. The lowest BCUT2D eigenvalue weighted by Gasteiger charge is -2.25. The molecule has 0 saturated carbocycles. The van der Waals surface area contributed by atoms with Crippen molar-refractivity contribution in [3.8, 4) is 5.75 Å². The van der Waals surface area contributed by atoms with E-state index in [0.717, 1.165) is 23.3 Å². The number of methoxy groups -OCH3 is 1. The van der Waals surface area contributed by atoms with E-state index in [-0.39, 0.29) is 17.8 Å². The summed E-state index contributed by atoms with van der Waals surface area (Å²) in [5.41, 5.74) is 2.28. The predicted molar refractivity (Wildman–Crippen MR) is 106 cm³/mol. The number of hydrogen-bond donors (Lipinski definition) is 1. The molecule has 2 atom stereocenters. The van der Waals surface area contributed by atoms with Crippen LogP contribution in [-0.4, -0.2) is 12.0 Å². The zero-order valence-corrected chi connectivity index (χ0v) is 15.9. The number of benzene rings is 3. The molecule has 0 fully saturated rings. The summed E-state index contributed by atoms with van der Waals surface area (Å²) in [6.07, 6.45) is 0. The van der Waals surface area contributed by atoms with E-state index >= 15 is 0 Å². The van der Waals surface area contributed by atoms with Crippen LogP contribution in [0.15, 0.2) is 66.7 Å². The first-order valence-electron chi connectivity index (χ1n) is 8.98. The average molecular weight is 398 g/mol. The van der Waals surface area contributed by atoms with Crippen LogP contribution >= 0.6 is 0 Å². The molecular formula is C22H20F2N2O3. The third-order valence-corrected chi connectivity index (χ3v) is 4.75. The summed E-state index contributed by atoms with van der Waals surface area (Å²) in [7, 11) is 1.58. The minimum Gasteiger partial charge on any atom is -0.497 e. The summed E-state index contributed by atoms with van der Waals surface area (Å²) >= 11 is 0. The highest BCUT2D eigenvalue weighted by Gasteiger charge is 2.19. The van der Waals surface area contributed by atoms with Gasteiger partial charge in [0.25, 0.3) is 5.69 Å². The third-order valence-electron chi connectivity index (χ3n) is 4.75. The van der Waals surface area contributed by atoms with Gasteiger partial charge in [-0.25, -0.2) is 8.78 Å². The zero-order chi connectivity index (χ0) is 21.0. The van der Waals surface area contributed by atoms with E-state index in [2.05, 4.69) is 5.32 Å². The largest absolute Gasteiger partial charge is 0.497 e.